The van der Waals surface area contributed by atoms with E-state index in [0.29, 0.717) is 5.02 Å². The number of anilines is 1. The zero-order chi connectivity index (χ0) is 23.1. The van der Waals surface area contributed by atoms with Crippen LogP contribution in [0.5, 0.6) is 0 Å². The van der Waals surface area contributed by atoms with Crippen LogP contribution in [-0.4, -0.2) is 58.8 Å². The molecule has 168 valence electrons. The van der Waals surface area contributed by atoms with Crippen LogP contribution in [0.2, 0.25) is 5.02 Å². The van der Waals surface area contributed by atoms with E-state index in [1.165, 1.54) is 5.69 Å². The van der Waals surface area contributed by atoms with Crippen molar-refractivity contribution in [3.05, 3.63) is 71.4 Å². The summed E-state index contributed by atoms with van der Waals surface area (Å²) in [5, 5.41) is 10.9. The summed E-state index contributed by atoms with van der Waals surface area (Å²) in [6.07, 6.45) is 1.70. The molecule has 1 fully saturated rings. The highest BCUT2D eigenvalue weighted by molar-refractivity contribution is 6.37. The van der Waals surface area contributed by atoms with Crippen LogP contribution < -0.4 is 4.90 Å². The van der Waals surface area contributed by atoms with Crippen LogP contribution in [0.15, 0.2) is 60.8 Å². The first-order chi connectivity index (χ1) is 15.9. The number of aromatic carboxylic acids is 1. The zero-order valence-electron chi connectivity index (χ0n) is 18.6. The van der Waals surface area contributed by atoms with E-state index >= 15 is 0 Å². The summed E-state index contributed by atoms with van der Waals surface area (Å²) in [5.74, 6) is -0.959. The molecule has 2 aromatic carbocycles. The van der Waals surface area contributed by atoms with Gasteiger partial charge < -0.3 is 19.5 Å². The van der Waals surface area contributed by atoms with Crippen molar-refractivity contribution in [2.24, 2.45) is 7.05 Å². The summed E-state index contributed by atoms with van der Waals surface area (Å²) in [6, 6.07) is 17.3. The highest BCUT2D eigenvalue weighted by atomic mass is 35.5. The molecular formula is C26H25ClN4O2. The van der Waals surface area contributed by atoms with Crippen LogP contribution in [0, 0.1) is 0 Å². The van der Waals surface area contributed by atoms with Gasteiger partial charge in [0.2, 0.25) is 0 Å². The van der Waals surface area contributed by atoms with Crippen LogP contribution in [0.3, 0.4) is 0 Å². The molecule has 0 saturated carbocycles. The van der Waals surface area contributed by atoms with Gasteiger partial charge in [-0.25, -0.2) is 9.78 Å². The summed E-state index contributed by atoms with van der Waals surface area (Å²) in [4.78, 5) is 21.0. The van der Waals surface area contributed by atoms with Crippen LogP contribution in [0.1, 0.15) is 10.4 Å². The third kappa shape index (κ3) is 3.86. The number of fused-ring (bicyclic) bond motifs is 1. The number of aryl methyl sites for hydroxylation is 1. The van der Waals surface area contributed by atoms with E-state index in [9.17, 15) is 9.90 Å². The van der Waals surface area contributed by atoms with Gasteiger partial charge in [0.1, 0.15) is 5.65 Å². The average molecular weight is 461 g/mol. The van der Waals surface area contributed by atoms with Gasteiger partial charge in [0.25, 0.3) is 0 Å². The molecule has 0 spiro atoms. The minimum absolute atomic E-state index is 0.237. The second-order valence-corrected chi connectivity index (χ2v) is 8.90. The van der Waals surface area contributed by atoms with Gasteiger partial charge in [-0.1, -0.05) is 35.9 Å². The number of hydrogen-bond acceptors (Lipinski definition) is 4. The van der Waals surface area contributed by atoms with Gasteiger partial charge >= 0.3 is 5.97 Å². The van der Waals surface area contributed by atoms with E-state index in [0.717, 1.165) is 59.6 Å². The highest BCUT2D eigenvalue weighted by Crippen LogP contribution is 2.43. The van der Waals surface area contributed by atoms with Gasteiger partial charge in [-0.05, 0) is 48.5 Å². The third-order valence-corrected chi connectivity index (χ3v) is 6.74. The number of aromatic nitrogens is 2. The number of benzene rings is 2. The number of nitrogens with zero attached hydrogens (tertiary/aromatic N) is 4. The van der Waals surface area contributed by atoms with E-state index in [1.807, 2.05) is 17.7 Å². The fourth-order valence-corrected chi connectivity index (χ4v) is 4.86. The molecule has 3 heterocycles. The normalized spacial score (nSPS) is 14.7. The maximum Gasteiger partial charge on any atom is 0.335 e. The van der Waals surface area contributed by atoms with Crippen molar-refractivity contribution in [1.82, 2.24) is 14.5 Å². The summed E-state index contributed by atoms with van der Waals surface area (Å²) >= 11 is 6.65. The number of hydrogen-bond donors (Lipinski definition) is 1. The first-order valence-electron chi connectivity index (χ1n) is 10.9. The van der Waals surface area contributed by atoms with E-state index in [4.69, 9.17) is 11.6 Å². The van der Waals surface area contributed by atoms with E-state index in [-0.39, 0.29) is 5.56 Å². The third-order valence-electron chi connectivity index (χ3n) is 6.43. The number of halogens is 1. The number of carboxylic acid groups (broad SMARTS) is 1. The first kappa shape index (κ1) is 21.5. The molecule has 33 heavy (non-hydrogen) atoms. The molecule has 0 atom stereocenters. The second-order valence-electron chi connectivity index (χ2n) is 8.50. The number of pyridine rings is 1. The smallest absolute Gasteiger partial charge is 0.335 e. The summed E-state index contributed by atoms with van der Waals surface area (Å²) in [7, 11) is 4.13. The molecule has 1 aliphatic heterocycles. The molecule has 0 amide bonds. The van der Waals surface area contributed by atoms with Gasteiger partial charge in [-0.2, -0.15) is 0 Å². The number of rotatable bonds is 4. The summed E-state index contributed by atoms with van der Waals surface area (Å²) in [5.41, 5.74) is 5.88. The van der Waals surface area contributed by atoms with Crippen LogP contribution in [-0.2, 0) is 7.05 Å². The molecule has 1 N–H and O–H groups in total. The molecule has 1 saturated heterocycles. The monoisotopic (exact) mass is 460 g/mol. The van der Waals surface area contributed by atoms with Crippen molar-refractivity contribution in [3.63, 3.8) is 0 Å². The van der Waals surface area contributed by atoms with Crippen molar-refractivity contribution >= 4 is 34.3 Å². The SMILES string of the molecule is CN1CCN(c2ccc(-c3c(-c4cccc(C(=O)O)c4)c4c(Cl)ccnc4n3C)cc2)CC1. The maximum absolute atomic E-state index is 11.6. The van der Waals surface area contributed by atoms with Gasteiger partial charge in [0.15, 0.2) is 0 Å². The molecule has 0 aliphatic carbocycles. The fourth-order valence-electron chi connectivity index (χ4n) is 4.63. The summed E-state index contributed by atoms with van der Waals surface area (Å²) < 4.78 is 2.04. The molecule has 6 nitrogen and oxygen atoms in total. The topological polar surface area (TPSA) is 61.6 Å². The molecule has 7 heteroatoms. The average Bonchev–Trinajstić information content (AvgIpc) is 3.13. The lowest BCUT2D eigenvalue weighted by Gasteiger charge is -2.34. The van der Waals surface area contributed by atoms with Gasteiger partial charge in [0.05, 0.1) is 16.3 Å². The Morgan fingerprint density at radius 3 is 2.39 bits per heavy atom. The Labute approximate surface area is 197 Å². The Morgan fingerprint density at radius 1 is 0.970 bits per heavy atom. The van der Waals surface area contributed by atoms with E-state index < -0.39 is 5.97 Å². The van der Waals surface area contributed by atoms with E-state index in [2.05, 4.69) is 46.1 Å². The van der Waals surface area contributed by atoms with Crippen molar-refractivity contribution in [2.75, 3.05) is 38.1 Å². The Bertz CT molecular complexity index is 1340. The van der Waals surface area contributed by atoms with Crippen LogP contribution in [0.25, 0.3) is 33.4 Å². The zero-order valence-corrected chi connectivity index (χ0v) is 19.4. The van der Waals surface area contributed by atoms with Gasteiger partial charge in [0, 0.05) is 56.1 Å². The molecule has 5 rings (SSSR count). The second kappa shape index (κ2) is 8.54. The van der Waals surface area contributed by atoms with Crippen molar-refractivity contribution in [1.29, 1.82) is 0 Å². The predicted molar refractivity (Wildman–Crippen MR) is 133 cm³/mol. The Morgan fingerprint density at radius 2 is 1.70 bits per heavy atom. The molecule has 1 aliphatic rings. The number of carbonyl (C=O) groups is 1. The Kier molecular flexibility index (Phi) is 5.56. The molecule has 4 aromatic rings. The van der Waals surface area contributed by atoms with E-state index in [1.54, 1.807) is 30.5 Å². The number of likely N-dealkylation sites (N-methyl/N-ethyl adjacent to an activating group) is 1. The Hall–Kier alpha value is -3.35. The predicted octanol–water partition coefficient (Wildman–Crippen LogP) is 5.01. The standard InChI is InChI=1S/C26H25ClN4O2/c1-29-12-14-31(15-13-29)20-8-6-17(7-9-20)24-22(18-4-3-5-19(16-18)26(32)33)23-21(27)10-11-28-25(23)30(24)2/h3-11,16H,12-15H2,1-2H3,(H,32,33). The lowest BCUT2D eigenvalue weighted by molar-refractivity contribution is 0.0697. The minimum Gasteiger partial charge on any atom is -0.478 e. The highest BCUT2D eigenvalue weighted by Gasteiger charge is 2.22. The number of piperazine rings is 1. The van der Waals surface area contributed by atoms with Crippen LogP contribution >= 0.6 is 11.6 Å². The summed E-state index contributed by atoms with van der Waals surface area (Å²) in [6.45, 7) is 4.13. The Balaban J connectivity index is 1.66. The minimum atomic E-state index is -0.959. The van der Waals surface area contributed by atoms with Crippen LogP contribution in [0.4, 0.5) is 5.69 Å². The molecular weight excluding hydrogens is 436 g/mol. The molecule has 0 radical (unpaired) electrons. The van der Waals surface area contributed by atoms with Crippen molar-refractivity contribution in [3.8, 4) is 22.4 Å². The lowest BCUT2D eigenvalue weighted by Crippen LogP contribution is -2.44. The first-order valence-corrected chi connectivity index (χ1v) is 11.3. The molecule has 0 bridgehead atoms. The largest absolute Gasteiger partial charge is 0.478 e. The fraction of sp³-hybridized carbons (Fsp3) is 0.231. The maximum atomic E-state index is 11.6. The molecule has 2 aromatic heterocycles. The van der Waals surface area contributed by atoms with Gasteiger partial charge in [-0.15, -0.1) is 0 Å². The van der Waals surface area contributed by atoms with Crippen molar-refractivity contribution < 1.29 is 9.90 Å². The van der Waals surface area contributed by atoms with Crippen molar-refractivity contribution in [2.45, 2.75) is 0 Å². The quantitative estimate of drug-likeness (QED) is 0.464. The lowest BCUT2D eigenvalue weighted by atomic mass is 9.97. The molecule has 0 unspecified atom stereocenters. The van der Waals surface area contributed by atoms with Gasteiger partial charge in [-0.3, -0.25) is 0 Å². The number of carboxylic acids is 1.